The summed E-state index contributed by atoms with van der Waals surface area (Å²) in [6.45, 7) is 0. The minimum Gasteiger partial charge on any atom is -0.356 e. The van der Waals surface area contributed by atoms with Crippen molar-refractivity contribution in [1.82, 2.24) is 0 Å². The molecule has 0 heterocycles. The van der Waals surface area contributed by atoms with Gasteiger partial charge in [-0.1, -0.05) is 0 Å². The highest BCUT2D eigenvalue weighted by Crippen LogP contribution is 1.99. The molecule has 0 aromatic rings. The molecule has 10 heavy (non-hydrogen) atoms. The molecule has 0 fully saturated rings. The predicted octanol–water partition coefficient (Wildman–Crippen LogP) is 1.33. The van der Waals surface area contributed by atoms with Crippen LogP contribution in [0.5, 0.6) is 0 Å². The lowest BCUT2D eigenvalue weighted by Gasteiger charge is -2.09. The van der Waals surface area contributed by atoms with Crippen LogP contribution in [0.2, 0.25) is 0 Å². The molecule has 0 radical (unpaired) electrons. The Morgan fingerprint density at radius 3 is 2.20 bits per heavy atom. The Balaban J connectivity index is 0. The second-order valence-corrected chi connectivity index (χ2v) is 1.60. The normalized spacial score (nSPS) is 8.60. The van der Waals surface area contributed by atoms with Gasteiger partial charge in [-0.15, -0.1) is 12.4 Å². The number of rotatable bonds is 4. The number of nitriles is 1. The lowest BCUT2D eigenvalue weighted by atomic mass is 10.3. The summed E-state index contributed by atoms with van der Waals surface area (Å²) in [6, 6.07) is 2.01. The van der Waals surface area contributed by atoms with Gasteiger partial charge in [-0.25, -0.2) is 0 Å². The summed E-state index contributed by atoms with van der Waals surface area (Å²) in [5.74, 6) is 0. The zero-order valence-electron chi connectivity index (χ0n) is 6.16. The maximum atomic E-state index is 8.15. The molecule has 0 spiro atoms. The highest BCUT2D eigenvalue weighted by atomic mass is 35.5. The third kappa shape index (κ3) is 5.83. The molecule has 0 atom stereocenters. The largest absolute Gasteiger partial charge is 0.356 e. The summed E-state index contributed by atoms with van der Waals surface area (Å²) in [5, 5.41) is 8.15. The first-order chi connectivity index (χ1) is 4.35. The van der Waals surface area contributed by atoms with E-state index in [4.69, 9.17) is 14.7 Å². The third-order valence-electron chi connectivity index (χ3n) is 1.02. The van der Waals surface area contributed by atoms with Crippen LogP contribution in [0.25, 0.3) is 0 Å². The molecule has 0 N–H and O–H groups in total. The summed E-state index contributed by atoms with van der Waals surface area (Å²) in [4.78, 5) is 0. The van der Waals surface area contributed by atoms with Crippen LogP contribution in [-0.2, 0) is 9.47 Å². The minimum absolute atomic E-state index is 0. The smallest absolute Gasteiger partial charge is 0.157 e. The van der Waals surface area contributed by atoms with Crippen molar-refractivity contribution in [3.63, 3.8) is 0 Å². The van der Waals surface area contributed by atoms with E-state index in [9.17, 15) is 0 Å². The standard InChI is InChI=1S/C6H11NO2.ClH/c1-8-6(9-2)4-3-5-7;/h6H,3-4H2,1-2H3;1H. The van der Waals surface area contributed by atoms with Crippen molar-refractivity contribution in [2.75, 3.05) is 14.2 Å². The molecule has 0 aliphatic rings. The molecular weight excluding hydrogens is 154 g/mol. The summed E-state index contributed by atoms with van der Waals surface area (Å²) >= 11 is 0. The van der Waals surface area contributed by atoms with E-state index in [1.807, 2.05) is 6.07 Å². The molecule has 0 aromatic heterocycles. The van der Waals surface area contributed by atoms with Crippen molar-refractivity contribution in [1.29, 1.82) is 5.26 Å². The third-order valence-corrected chi connectivity index (χ3v) is 1.02. The van der Waals surface area contributed by atoms with Gasteiger partial charge in [-0.2, -0.15) is 5.26 Å². The molecule has 0 amide bonds. The Labute approximate surface area is 67.3 Å². The number of methoxy groups -OCH3 is 2. The van der Waals surface area contributed by atoms with Crippen LogP contribution in [0.3, 0.4) is 0 Å². The van der Waals surface area contributed by atoms with E-state index in [0.717, 1.165) is 0 Å². The quantitative estimate of drug-likeness (QED) is 0.591. The fourth-order valence-corrected chi connectivity index (χ4v) is 0.514. The summed E-state index contributed by atoms with van der Waals surface area (Å²) in [6.07, 6.45) is 0.903. The first-order valence-corrected chi connectivity index (χ1v) is 2.77. The van der Waals surface area contributed by atoms with Gasteiger partial charge >= 0.3 is 0 Å². The Bertz CT molecular complexity index is 98.4. The molecule has 0 saturated carbocycles. The van der Waals surface area contributed by atoms with Gasteiger partial charge in [0.25, 0.3) is 0 Å². The van der Waals surface area contributed by atoms with Crippen molar-refractivity contribution < 1.29 is 9.47 Å². The summed E-state index contributed by atoms with van der Waals surface area (Å²) < 4.78 is 9.66. The van der Waals surface area contributed by atoms with Crippen LogP contribution in [0, 0.1) is 11.3 Å². The van der Waals surface area contributed by atoms with Gasteiger partial charge in [0.2, 0.25) is 0 Å². The van der Waals surface area contributed by atoms with E-state index in [1.54, 1.807) is 14.2 Å². The van der Waals surface area contributed by atoms with E-state index >= 15 is 0 Å². The van der Waals surface area contributed by atoms with Gasteiger partial charge < -0.3 is 9.47 Å². The van der Waals surface area contributed by atoms with Crippen LogP contribution >= 0.6 is 12.4 Å². The number of hydrogen-bond acceptors (Lipinski definition) is 3. The molecule has 0 aliphatic heterocycles. The van der Waals surface area contributed by atoms with Crippen LogP contribution in [0.4, 0.5) is 0 Å². The van der Waals surface area contributed by atoms with Gasteiger partial charge in [0.05, 0.1) is 6.07 Å². The first kappa shape index (κ1) is 12.4. The molecule has 0 bridgehead atoms. The Hall–Kier alpha value is -0.300. The number of nitrogens with zero attached hydrogens (tertiary/aromatic N) is 1. The first-order valence-electron chi connectivity index (χ1n) is 2.77. The van der Waals surface area contributed by atoms with Gasteiger partial charge in [-0.3, -0.25) is 0 Å². The number of halogens is 1. The maximum absolute atomic E-state index is 8.15. The summed E-state index contributed by atoms with van der Waals surface area (Å²) in [5.41, 5.74) is 0. The van der Waals surface area contributed by atoms with Crippen molar-refractivity contribution >= 4 is 12.4 Å². The van der Waals surface area contributed by atoms with Gasteiger partial charge in [0.15, 0.2) is 6.29 Å². The lowest BCUT2D eigenvalue weighted by Crippen LogP contribution is -2.11. The Morgan fingerprint density at radius 1 is 1.40 bits per heavy atom. The molecule has 0 aliphatic carbocycles. The molecule has 0 rings (SSSR count). The second-order valence-electron chi connectivity index (χ2n) is 1.60. The van der Waals surface area contributed by atoms with Crippen LogP contribution in [-0.4, -0.2) is 20.5 Å². The fourth-order valence-electron chi connectivity index (χ4n) is 0.514. The monoisotopic (exact) mass is 165 g/mol. The molecule has 60 valence electrons. The average Bonchev–Trinajstić information content (AvgIpc) is 1.91. The number of hydrogen-bond donors (Lipinski definition) is 0. The Morgan fingerprint density at radius 2 is 1.90 bits per heavy atom. The van der Waals surface area contributed by atoms with Crippen molar-refractivity contribution in [2.24, 2.45) is 0 Å². The highest BCUT2D eigenvalue weighted by Gasteiger charge is 2.01. The van der Waals surface area contributed by atoms with Crippen LogP contribution in [0.15, 0.2) is 0 Å². The zero-order valence-corrected chi connectivity index (χ0v) is 6.98. The van der Waals surface area contributed by atoms with Crippen molar-refractivity contribution in [2.45, 2.75) is 19.1 Å². The zero-order chi connectivity index (χ0) is 7.11. The number of ether oxygens (including phenoxy) is 2. The van der Waals surface area contributed by atoms with E-state index < -0.39 is 0 Å². The van der Waals surface area contributed by atoms with Gasteiger partial charge in [0.1, 0.15) is 0 Å². The van der Waals surface area contributed by atoms with Crippen LogP contribution < -0.4 is 0 Å². The maximum Gasteiger partial charge on any atom is 0.157 e. The fraction of sp³-hybridized carbons (Fsp3) is 0.833. The molecular formula is C6H12ClNO2. The molecule has 4 heteroatoms. The predicted molar refractivity (Wildman–Crippen MR) is 39.9 cm³/mol. The van der Waals surface area contributed by atoms with E-state index in [-0.39, 0.29) is 18.7 Å². The van der Waals surface area contributed by atoms with Gasteiger partial charge in [-0.05, 0) is 0 Å². The van der Waals surface area contributed by atoms with E-state index in [2.05, 4.69) is 0 Å². The second kappa shape index (κ2) is 8.70. The minimum atomic E-state index is -0.218. The topological polar surface area (TPSA) is 42.2 Å². The Kier molecular flexibility index (Phi) is 10.8. The molecule has 3 nitrogen and oxygen atoms in total. The van der Waals surface area contributed by atoms with E-state index in [1.165, 1.54) is 0 Å². The molecule has 0 saturated heterocycles. The summed E-state index contributed by atoms with van der Waals surface area (Å²) in [7, 11) is 3.12. The van der Waals surface area contributed by atoms with Crippen LogP contribution in [0.1, 0.15) is 12.8 Å². The van der Waals surface area contributed by atoms with Crippen molar-refractivity contribution in [3.8, 4) is 6.07 Å². The highest BCUT2D eigenvalue weighted by molar-refractivity contribution is 5.85. The average molecular weight is 166 g/mol. The SMILES string of the molecule is COC(CCC#N)OC.Cl. The van der Waals surface area contributed by atoms with E-state index in [0.29, 0.717) is 12.8 Å². The van der Waals surface area contributed by atoms with Gasteiger partial charge in [0, 0.05) is 27.1 Å². The lowest BCUT2D eigenvalue weighted by molar-refractivity contribution is -0.105. The molecule has 0 aromatic carbocycles. The van der Waals surface area contributed by atoms with Crippen molar-refractivity contribution in [3.05, 3.63) is 0 Å². The molecule has 0 unspecified atom stereocenters.